The fourth-order valence-corrected chi connectivity index (χ4v) is 1.74. The van der Waals surface area contributed by atoms with Crippen LogP contribution in [0.1, 0.15) is 40.5 Å². The molecular formula is C13H21ClO4. The summed E-state index contributed by atoms with van der Waals surface area (Å²) < 4.78 is 10.3. The van der Waals surface area contributed by atoms with Gasteiger partial charge in [0.15, 0.2) is 5.41 Å². The predicted molar refractivity (Wildman–Crippen MR) is 70.5 cm³/mol. The number of ether oxygens (including phenoxy) is 2. The van der Waals surface area contributed by atoms with Gasteiger partial charge in [-0.05, 0) is 40.5 Å². The van der Waals surface area contributed by atoms with Crippen LogP contribution < -0.4 is 0 Å². The smallest absolute Gasteiger partial charge is 0.327 e. The molecule has 0 unspecified atom stereocenters. The van der Waals surface area contributed by atoms with E-state index in [-0.39, 0.29) is 24.6 Å². The van der Waals surface area contributed by atoms with Gasteiger partial charge in [0, 0.05) is 0 Å². The molecule has 18 heavy (non-hydrogen) atoms. The van der Waals surface area contributed by atoms with Crippen molar-refractivity contribution >= 4 is 24.3 Å². The molecule has 0 aromatic carbocycles. The van der Waals surface area contributed by atoms with E-state index in [4.69, 9.17) is 9.47 Å². The molecule has 0 N–H and O–H groups in total. The number of carbonyl (C=O) groups excluding carboxylic acids is 2. The Morgan fingerprint density at radius 3 is 1.78 bits per heavy atom. The summed E-state index contributed by atoms with van der Waals surface area (Å²) >= 11 is 0. The Kier molecular flexibility index (Phi) is 6.39. The van der Waals surface area contributed by atoms with E-state index in [1.165, 1.54) is 0 Å². The van der Waals surface area contributed by atoms with Crippen LogP contribution in [0, 0.1) is 5.41 Å². The first kappa shape index (κ1) is 17.0. The third kappa shape index (κ3) is 3.73. The SMILES string of the molecule is CC(C)OC(=O)C1(C(=O)OC(C)C)C=CCC1.Cl. The molecular weight excluding hydrogens is 256 g/mol. The molecule has 1 aliphatic rings. The molecule has 104 valence electrons. The van der Waals surface area contributed by atoms with Gasteiger partial charge in [0.05, 0.1) is 12.2 Å². The molecule has 0 aromatic rings. The first-order chi connectivity index (χ1) is 7.88. The van der Waals surface area contributed by atoms with Crippen LogP contribution in [0.4, 0.5) is 0 Å². The van der Waals surface area contributed by atoms with Crippen molar-refractivity contribution in [2.75, 3.05) is 0 Å². The second-order valence-electron chi connectivity index (χ2n) is 4.82. The standard InChI is InChI=1S/C13H20O4.ClH/c1-9(2)16-11(14)13(7-5-6-8-13)12(15)17-10(3)4;/h5,7,9-10H,6,8H2,1-4H3;1H. The van der Waals surface area contributed by atoms with Gasteiger partial charge >= 0.3 is 11.9 Å². The second kappa shape index (κ2) is 6.78. The molecule has 0 amide bonds. The van der Waals surface area contributed by atoms with Crippen LogP contribution in [0.15, 0.2) is 12.2 Å². The highest BCUT2D eigenvalue weighted by molar-refractivity contribution is 6.02. The Bertz CT molecular complexity index is 312. The van der Waals surface area contributed by atoms with E-state index in [0.717, 1.165) is 0 Å². The van der Waals surface area contributed by atoms with Crippen LogP contribution >= 0.6 is 12.4 Å². The summed E-state index contributed by atoms with van der Waals surface area (Å²) in [5.74, 6) is -1.02. The van der Waals surface area contributed by atoms with Crippen LogP contribution in [-0.2, 0) is 19.1 Å². The normalized spacial score (nSPS) is 16.6. The van der Waals surface area contributed by atoms with Crippen molar-refractivity contribution in [3.05, 3.63) is 12.2 Å². The van der Waals surface area contributed by atoms with Crippen LogP contribution in [0.2, 0.25) is 0 Å². The minimum absolute atomic E-state index is 0. The van der Waals surface area contributed by atoms with Gasteiger partial charge in [-0.3, -0.25) is 9.59 Å². The number of hydrogen-bond donors (Lipinski definition) is 0. The zero-order valence-electron chi connectivity index (χ0n) is 11.3. The summed E-state index contributed by atoms with van der Waals surface area (Å²) in [7, 11) is 0. The highest BCUT2D eigenvalue weighted by atomic mass is 35.5. The van der Waals surface area contributed by atoms with Gasteiger partial charge in [-0.2, -0.15) is 0 Å². The lowest BCUT2D eigenvalue weighted by Gasteiger charge is -2.25. The molecule has 1 aliphatic carbocycles. The lowest BCUT2D eigenvalue weighted by atomic mass is 9.87. The minimum atomic E-state index is -1.23. The van der Waals surface area contributed by atoms with Gasteiger partial charge in [-0.15, -0.1) is 12.4 Å². The van der Waals surface area contributed by atoms with Crippen molar-refractivity contribution in [1.29, 1.82) is 0 Å². The molecule has 0 saturated carbocycles. The van der Waals surface area contributed by atoms with Gasteiger partial charge in [0.25, 0.3) is 0 Å². The molecule has 0 aliphatic heterocycles. The largest absolute Gasteiger partial charge is 0.462 e. The number of rotatable bonds is 4. The molecule has 0 aromatic heterocycles. The van der Waals surface area contributed by atoms with E-state index < -0.39 is 17.4 Å². The molecule has 0 radical (unpaired) electrons. The van der Waals surface area contributed by atoms with Crippen molar-refractivity contribution in [1.82, 2.24) is 0 Å². The van der Waals surface area contributed by atoms with Crippen LogP contribution in [-0.4, -0.2) is 24.1 Å². The zero-order valence-corrected chi connectivity index (χ0v) is 12.1. The maximum atomic E-state index is 12.0. The summed E-state index contributed by atoms with van der Waals surface area (Å²) in [4.78, 5) is 24.1. The van der Waals surface area contributed by atoms with Crippen LogP contribution in [0.3, 0.4) is 0 Å². The molecule has 0 atom stereocenters. The number of carbonyl (C=O) groups is 2. The maximum Gasteiger partial charge on any atom is 0.327 e. The van der Waals surface area contributed by atoms with Crippen LogP contribution in [0.25, 0.3) is 0 Å². The topological polar surface area (TPSA) is 52.6 Å². The predicted octanol–water partition coefficient (Wildman–Crippen LogP) is 2.65. The summed E-state index contributed by atoms with van der Waals surface area (Å²) in [5.41, 5.74) is -1.23. The Morgan fingerprint density at radius 2 is 1.50 bits per heavy atom. The maximum absolute atomic E-state index is 12.0. The highest BCUT2D eigenvalue weighted by Gasteiger charge is 2.48. The molecule has 0 bridgehead atoms. The number of esters is 2. The number of hydrogen-bond acceptors (Lipinski definition) is 4. The molecule has 1 rings (SSSR count). The molecule has 0 fully saturated rings. The van der Waals surface area contributed by atoms with Crippen molar-refractivity contribution in [2.24, 2.45) is 5.41 Å². The Labute approximate surface area is 114 Å². The number of halogens is 1. The molecule has 5 heteroatoms. The van der Waals surface area contributed by atoms with Gasteiger partial charge in [0.2, 0.25) is 0 Å². The molecule has 0 spiro atoms. The van der Waals surface area contributed by atoms with Crippen LogP contribution in [0.5, 0.6) is 0 Å². The highest BCUT2D eigenvalue weighted by Crippen LogP contribution is 2.35. The molecule has 0 saturated heterocycles. The summed E-state index contributed by atoms with van der Waals surface area (Å²) in [6.07, 6.45) is 4.09. The van der Waals surface area contributed by atoms with E-state index in [1.54, 1.807) is 33.8 Å². The molecule has 0 heterocycles. The lowest BCUT2D eigenvalue weighted by Crippen LogP contribution is -2.40. The Hall–Kier alpha value is -1.03. The van der Waals surface area contributed by atoms with E-state index in [9.17, 15) is 9.59 Å². The first-order valence-corrected chi connectivity index (χ1v) is 5.98. The summed E-state index contributed by atoms with van der Waals surface area (Å²) in [6, 6.07) is 0. The average molecular weight is 277 g/mol. The second-order valence-corrected chi connectivity index (χ2v) is 4.82. The van der Waals surface area contributed by atoms with Crippen molar-refractivity contribution < 1.29 is 19.1 Å². The van der Waals surface area contributed by atoms with Crippen molar-refractivity contribution in [2.45, 2.75) is 52.7 Å². The zero-order chi connectivity index (χ0) is 13.1. The minimum Gasteiger partial charge on any atom is -0.462 e. The van der Waals surface area contributed by atoms with Gasteiger partial charge in [-0.1, -0.05) is 12.2 Å². The van der Waals surface area contributed by atoms with E-state index in [2.05, 4.69) is 0 Å². The Balaban J connectivity index is 0.00000289. The Morgan fingerprint density at radius 1 is 1.06 bits per heavy atom. The van der Waals surface area contributed by atoms with Gasteiger partial charge in [-0.25, -0.2) is 0 Å². The third-order valence-electron chi connectivity index (χ3n) is 2.52. The fourth-order valence-electron chi connectivity index (χ4n) is 1.74. The van der Waals surface area contributed by atoms with Gasteiger partial charge < -0.3 is 9.47 Å². The quantitative estimate of drug-likeness (QED) is 0.450. The third-order valence-corrected chi connectivity index (χ3v) is 2.52. The number of allylic oxidation sites excluding steroid dienone is 1. The summed E-state index contributed by atoms with van der Waals surface area (Å²) in [5, 5.41) is 0. The fraction of sp³-hybridized carbons (Fsp3) is 0.692. The van der Waals surface area contributed by atoms with E-state index >= 15 is 0 Å². The monoisotopic (exact) mass is 276 g/mol. The van der Waals surface area contributed by atoms with E-state index in [0.29, 0.717) is 12.8 Å². The summed E-state index contributed by atoms with van der Waals surface area (Å²) in [6.45, 7) is 7.05. The first-order valence-electron chi connectivity index (χ1n) is 5.98. The van der Waals surface area contributed by atoms with E-state index in [1.807, 2.05) is 6.08 Å². The average Bonchev–Trinajstić information content (AvgIpc) is 2.64. The van der Waals surface area contributed by atoms with Gasteiger partial charge in [0.1, 0.15) is 0 Å². The van der Waals surface area contributed by atoms with Crippen molar-refractivity contribution in [3.8, 4) is 0 Å². The van der Waals surface area contributed by atoms with Crippen molar-refractivity contribution in [3.63, 3.8) is 0 Å². The molecule has 4 nitrogen and oxygen atoms in total. The lowest BCUT2D eigenvalue weighted by molar-refractivity contribution is -0.172.